The third-order valence-corrected chi connectivity index (χ3v) is 7.69. The summed E-state index contributed by atoms with van der Waals surface area (Å²) >= 11 is 0. The SMILES string of the molecule is CN(C)C(=O)c1ccc(-c2c3nc(cc4ccc([nH]4)c(-c4ccc(OCC=O)cc4)c4nc(cc5ccc2[nH]5)C=C4)C=C3)cc1. The Morgan fingerprint density at radius 1 is 0.711 bits per heavy atom. The summed E-state index contributed by atoms with van der Waals surface area (Å²) in [6, 6.07) is 27.5. The number of H-pyrrole nitrogens is 2. The smallest absolute Gasteiger partial charge is 0.253 e. The van der Waals surface area contributed by atoms with Crippen LogP contribution in [0.5, 0.6) is 5.75 Å². The van der Waals surface area contributed by atoms with E-state index in [9.17, 15) is 9.59 Å². The van der Waals surface area contributed by atoms with Gasteiger partial charge in [0.2, 0.25) is 0 Å². The molecule has 8 heteroatoms. The third kappa shape index (κ3) is 5.57. The van der Waals surface area contributed by atoms with Gasteiger partial charge in [-0.25, -0.2) is 9.97 Å². The highest BCUT2D eigenvalue weighted by Crippen LogP contribution is 2.33. The normalized spacial score (nSPS) is 11.9. The molecule has 8 nitrogen and oxygen atoms in total. The molecule has 0 fully saturated rings. The number of amides is 1. The van der Waals surface area contributed by atoms with Crippen molar-refractivity contribution in [2.45, 2.75) is 0 Å². The lowest BCUT2D eigenvalue weighted by molar-refractivity contribution is -0.109. The molecule has 220 valence electrons. The van der Waals surface area contributed by atoms with E-state index in [2.05, 4.69) is 9.97 Å². The van der Waals surface area contributed by atoms with Crippen LogP contribution in [0.2, 0.25) is 0 Å². The highest BCUT2D eigenvalue weighted by Gasteiger charge is 2.14. The van der Waals surface area contributed by atoms with E-state index in [1.807, 2.05) is 109 Å². The first-order valence-electron chi connectivity index (χ1n) is 14.5. The highest BCUT2D eigenvalue weighted by atomic mass is 16.5. The van der Waals surface area contributed by atoms with E-state index in [1.54, 1.807) is 19.0 Å². The minimum absolute atomic E-state index is 0.0105. The van der Waals surface area contributed by atoms with Gasteiger partial charge < -0.3 is 19.6 Å². The van der Waals surface area contributed by atoms with Crippen LogP contribution in [0.4, 0.5) is 0 Å². The van der Waals surface area contributed by atoms with E-state index in [-0.39, 0.29) is 12.5 Å². The summed E-state index contributed by atoms with van der Waals surface area (Å²) in [6.07, 6.45) is 8.77. The summed E-state index contributed by atoms with van der Waals surface area (Å²) in [5, 5.41) is 0. The molecule has 0 spiro atoms. The molecule has 5 aromatic rings. The predicted octanol–water partition coefficient (Wildman–Crippen LogP) is 7.27. The van der Waals surface area contributed by atoms with Gasteiger partial charge in [0.25, 0.3) is 5.91 Å². The number of rotatable bonds is 6. The van der Waals surface area contributed by atoms with Crippen molar-refractivity contribution in [3.63, 3.8) is 0 Å². The van der Waals surface area contributed by atoms with E-state index < -0.39 is 0 Å². The monoisotopic (exact) mass is 591 g/mol. The Kier molecular flexibility index (Phi) is 7.15. The molecule has 0 radical (unpaired) electrons. The Bertz CT molecular complexity index is 2170. The number of nitrogens with one attached hydrogen (secondary N) is 2. The van der Waals surface area contributed by atoms with Gasteiger partial charge in [-0.3, -0.25) is 9.59 Å². The number of aromatic nitrogens is 4. The van der Waals surface area contributed by atoms with Crippen LogP contribution in [-0.2, 0) is 4.79 Å². The zero-order valence-electron chi connectivity index (χ0n) is 24.7. The van der Waals surface area contributed by atoms with Gasteiger partial charge in [0, 0.05) is 52.9 Å². The first-order chi connectivity index (χ1) is 21.9. The quantitative estimate of drug-likeness (QED) is 0.198. The molecule has 5 heterocycles. The Morgan fingerprint density at radius 3 is 1.71 bits per heavy atom. The van der Waals surface area contributed by atoms with Crippen LogP contribution < -0.4 is 4.74 Å². The molecule has 8 bridgehead atoms. The van der Waals surface area contributed by atoms with Gasteiger partial charge in [0.15, 0.2) is 6.29 Å². The molecule has 2 aliphatic rings. The van der Waals surface area contributed by atoms with Crippen LogP contribution in [0.1, 0.15) is 33.1 Å². The lowest BCUT2D eigenvalue weighted by Gasteiger charge is -2.11. The Morgan fingerprint density at radius 2 is 1.22 bits per heavy atom. The standard InChI is InChI=1S/C37H29N5O3/c1-42(2)37(44)25-5-3-23(4-6-25)35-31-15-9-26(38-31)21-28-11-17-33(40-28)36(24-7-13-30(14-8-24)45-20-19-43)34-18-12-29(41-34)22-27-10-16-32(35)39-27/h3-19,21-22,38,41H,20H2,1-2H3. The molecule has 1 amide bonds. The molecule has 0 aliphatic carbocycles. The van der Waals surface area contributed by atoms with Crippen molar-refractivity contribution >= 4 is 58.6 Å². The van der Waals surface area contributed by atoms with Crippen LogP contribution >= 0.6 is 0 Å². The maximum atomic E-state index is 12.5. The van der Waals surface area contributed by atoms with E-state index in [1.165, 1.54) is 0 Å². The maximum absolute atomic E-state index is 12.5. The number of aldehydes is 1. The molecule has 2 aromatic carbocycles. The molecular weight excluding hydrogens is 562 g/mol. The number of benzene rings is 2. The molecule has 2 aliphatic heterocycles. The Hall–Kier alpha value is -6.02. The fourth-order valence-electron chi connectivity index (χ4n) is 5.57. The van der Waals surface area contributed by atoms with Crippen molar-refractivity contribution in [3.8, 4) is 28.0 Å². The topological polar surface area (TPSA) is 104 Å². The molecule has 0 saturated heterocycles. The number of hydrogen-bond donors (Lipinski definition) is 2. The van der Waals surface area contributed by atoms with Gasteiger partial charge >= 0.3 is 0 Å². The third-order valence-electron chi connectivity index (χ3n) is 7.69. The molecule has 3 aromatic heterocycles. The molecule has 0 unspecified atom stereocenters. The van der Waals surface area contributed by atoms with Crippen LogP contribution in [0.15, 0.2) is 84.9 Å². The zero-order valence-corrected chi connectivity index (χ0v) is 24.7. The fourth-order valence-corrected chi connectivity index (χ4v) is 5.57. The Labute approximate surface area is 259 Å². The summed E-state index contributed by atoms with van der Waals surface area (Å²) in [5.41, 5.74) is 11.3. The number of hydrogen-bond acceptors (Lipinski definition) is 5. The second-order valence-corrected chi connectivity index (χ2v) is 11.0. The van der Waals surface area contributed by atoms with Gasteiger partial charge in [0.1, 0.15) is 12.4 Å². The van der Waals surface area contributed by atoms with Gasteiger partial charge in [-0.15, -0.1) is 0 Å². The molecule has 0 atom stereocenters. The number of carbonyl (C=O) groups excluding carboxylic acids is 2. The summed E-state index contributed by atoms with van der Waals surface area (Å²) in [4.78, 5) is 41.9. The van der Waals surface area contributed by atoms with Gasteiger partial charge in [0.05, 0.1) is 22.8 Å². The number of ether oxygens (including phenoxy) is 1. The van der Waals surface area contributed by atoms with E-state index in [4.69, 9.17) is 14.7 Å². The van der Waals surface area contributed by atoms with Crippen molar-refractivity contribution in [2.24, 2.45) is 0 Å². The maximum Gasteiger partial charge on any atom is 0.253 e. The number of aromatic amines is 2. The number of nitrogens with zero attached hydrogens (tertiary/aromatic N) is 3. The first-order valence-corrected chi connectivity index (χ1v) is 14.5. The average molecular weight is 592 g/mol. The van der Waals surface area contributed by atoms with Crippen LogP contribution in [0, 0.1) is 0 Å². The second-order valence-electron chi connectivity index (χ2n) is 11.0. The van der Waals surface area contributed by atoms with Crippen molar-refractivity contribution < 1.29 is 14.3 Å². The van der Waals surface area contributed by atoms with E-state index in [0.29, 0.717) is 11.3 Å². The highest BCUT2D eigenvalue weighted by molar-refractivity contribution is 5.96. The van der Waals surface area contributed by atoms with Crippen molar-refractivity contribution in [1.29, 1.82) is 0 Å². The van der Waals surface area contributed by atoms with Crippen LogP contribution in [0.3, 0.4) is 0 Å². The average Bonchev–Trinajstić information content (AvgIpc) is 3.87. The first kappa shape index (κ1) is 27.8. The van der Waals surface area contributed by atoms with Gasteiger partial charge in [-0.05, 0) is 96.1 Å². The summed E-state index contributed by atoms with van der Waals surface area (Å²) in [7, 11) is 3.50. The minimum atomic E-state index is -0.0440. The van der Waals surface area contributed by atoms with E-state index in [0.717, 1.165) is 73.4 Å². The lowest BCUT2D eigenvalue weighted by Crippen LogP contribution is -2.21. The molecule has 0 saturated carbocycles. The summed E-state index contributed by atoms with van der Waals surface area (Å²) in [6.45, 7) is 0.0105. The Balaban J connectivity index is 1.43. The zero-order chi connectivity index (χ0) is 30.9. The van der Waals surface area contributed by atoms with Crippen LogP contribution in [-0.4, -0.2) is 57.7 Å². The van der Waals surface area contributed by atoms with Crippen molar-refractivity contribution in [3.05, 3.63) is 113 Å². The molecule has 2 N–H and O–H groups in total. The van der Waals surface area contributed by atoms with Gasteiger partial charge in [-0.2, -0.15) is 0 Å². The van der Waals surface area contributed by atoms with Crippen LogP contribution in [0.25, 0.3) is 68.6 Å². The minimum Gasteiger partial charge on any atom is -0.486 e. The second kappa shape index (κ2) is 11.6. The fraction of sp³-hybridized carbons (Fsp3) is 0.0811. The largest absolute Gasteiger partial charge is 0.486 e. The molecule has 7 rings (SSSR count). The predicted molar refractivity (Wildman–Crippen MR) is 179 cm³/mol. The summed E-state index contributed by atoms with van der Waals surface area (Å²) < 4.78 is 5.46. The van der Waals surface area contributed by atoms with Gasteiger partial charge in [-0.1, -0.05) is 24.3 Å². The molecule has 45 heavy (non-hydrogen) atoms. The summed E-state index contributed by atoms with van der Waals surface area (Å²) in [5.74, 6) is 0.581. The number of fused-ring (bicyclic) bond motifs is 8. The van der Waals surface area contributed by atoms with Crippen molar-refractivity contribution in [1.82, 2.24) is 24.8 Å². The van der Waals surface area contributed by atoms with E-state index >= 15 is 0 Å². The molecular formula is C37H29N5O3. The lowest BCUT2D eigenvalue weighted by atomic mass is 10.0. The number of carbonyl (C=O) groups is 2. The van der Waals surface area contributed by atoms with Crippen molar-refractivity contribution in [2.75, 3.05) is 20.7 Å².